The van der Waals surface area contributed by atoms with Gasteiger partial charge in [-0.1, -0.05) is 12.1 Å². The standard InChI is InChI=1S/C14H12N4O4S/c15-8-10-4-5-13(14(7-10)18(19)20)17-9-11-2-1-3-12(6-11)23(16,21)22/h1-7,17H,9H2,(H2,16,21,22). The highest BCUT2D eigenvalue weighted by atomic mass is 32.2. The predicted molar refractivity (Wildman–Crippen MR) is 83.0 cm³/mol. The summed E-state index contributed by atoms with van der Waals surface area (Å²) < 4.78 is 22.6. The van der Waals surface area contributed by atoms with Crippen LogP contribution in [-0.2, 0) is 16.6 Å². The molecule has 2 aromatic carbocycles. The number of hydrogen-bond donors (Lipinski definition) is 2. The Morgan fingerprint density at radius 1 is 1.26 bits per heavy atom. The highest BCUT2D eigenvalue weighted by molar-refractivity contribution is 7.89. The molecule has 0 aliphatic carbocycles. The number of anilines is 1. The van der Waals surface area contributed by atoms with Crippen molar-refractivity contribution in [3.8, 4) is 6.07 Å². The summed E-state index contributed by atoms with van der Waals surface area (Å²) in [5.41, 5.74) is 0.773. The number of primary sulfonamides is 1. The summed E-state index contributed by atoms with van der Waals surface area (Å²) in [7, 11) is -3.81. The lowest BCUT2D eigenvalue weighted by atomic mass is 10.1. The second-order valence-electron chi connectivity index (χ2n) is 4.65. The van der Waals surface area contributed by atoms with E-state index in [4.69, 9.17) is 10.4 Å². The van der Waals surface area contributed by atoms with Crippen LogP contribution >= 0.6 is 0 Å². The zero-order chi connectivity index (χ0) is 17.0. The van der Waals surface area contributed by atoms with Crippen molar-refractivity contribution in [1.29, 1.82) is 5.26 Å². The van der Waals surface area contributed by atoms with Gasteiger partial charge in [-0.15, -0.1) is 0 Å². The first-order chi connectivity index (χ1) is 10.8. The van der Waals surface area contributed by atoms with E-state index in [0.29, 0.717) is 5.56 Å². The molecule has 0 aromatic heterocycles. The molecule has 118 valence electrons. The maximum atomic E-state index is 11.3. The Balaban J connectivity index is 2.25. The lowest BCUT2D eigenvalue weighted by molar-refractivity contribution is -0.384. The van der Waals surface area contributed by atoms with Crippen LogP contribution in [-0.4, -0.2) is 13.3 Å². The van der Waals surface area contributed by atoms with E-state index in [1.165, 1.54) is 36.4 Å². The fourth-order valence-corrected chi connectivity index (χ4v) is 2.52. The van der Waals surface area contributed by atoms with Crippen LogP contribution in [0, 0.1) is 21.4 Å². The molecule has 0 spiro atoms. The molecular weight excluding hydrogens is 320 g/mol. The third-order valence-electron chi connectivity index (χ3n) is 3.03. The van der Waals surface area contributed by atoms with Crippen molar-refractivity contribution in [2.45, 2.75) is 11.4 Å². The number of nitrogens with zero attached hydrogens (tertiary/aromatic N) is 2. The number of hydrogen-bond acceptors (Lipinski definition) is 6. The van der Waals surface area contributed by atoms with Crippen molar-refractivity contribution in [1.82, 2.24) is 0 Å². The van der Waals surface area contributed by atoms with Gasteiger partial charge in [0.25, 0.3) is 5.69 Å². The lowest BCUT2D eigenvalue weighted by Gasteiger charge is -2.08. The number of nitrogens with one attached hydrogen (secondary N) is 1. The molecule has 0 amide bonds. The van der Waals surface area contributed by atoms with Crippen LogP contribution in [0.4, 0.5) is 11.4 Å². The van der Waals surface area contributed by atoms with Crippen molar-refractivity contribution in [3.63, 3.8) is 0 Å². The van der Waals surface area contributed by atoms with Gasteiger partial charge in [0.15, 0.2) is 0 Å². The minimum Gasteiger partial charge on any atom is -0.375 e. The third-order valence-corrected chi connectivity index (χ3v) is 3.94. The molecule has 0 fully saturated rings. The average molecular weight is 332 g/mol. The van der Waals surface area contributed by atoms with E-state index >= 15 is 0 Å². The van der Waals surface area contributed by atoms with Gasteiger partial charge in [0.1, 0.15) is 5.69 Å². The molecule has 23 heavy (non-hydrogen) atoms. The molecule has 0 bridgehead atoms. The molecule has 0 saturated carbocycles. The molecule has 8 nitrogen and oxygen atoms in total. The number of rotatable bonds is 5. The normalized spacial score (nSPS) is 10.8. The minimum absolute atomic E-state index is 0.0360. The summed E-state index contributed by atoms with van der Waals surface area (Å²) in [4.78, 5) is 10.4. The maximum absolute atomic E-state index is 11.3. The van der Waals surface area contributed by atoms with Gasteiger partial charge in [-0.25, -0.2) is 13.6 Å². The van der Waals surface area contributed by atoms with Crippen molar-refractivity contribution >= 4 is 21.4 Å². The Labute approximate surface area is 132 Å². The van der Waals surface area contributed by atoms with Crippen LogP contribution in [0.25, 0.3) is 0 Å². The molecule has 3 N–H and O–H groups in total. The Morgan fingerprint density at radius 3 is 2.61 bits per heavy atom. The van der Waals surface area contributed by atoms with Crippen LogP contribution in [0.15, 0.2) is 47.4 Å². The van der Waals surface area contributed by atoms with Crippen LogP contribution in [0.2, 0.25) is 0 Å². The van der Waals surface area contributed by atoms with E-state index < -0.39 is 14.9 Å². The smallest absolute Gasteiger partial charge is 0.293 e. The second kappa shape index (κ2) is 6.43. The minimum atomic E-state index is -3.81. The van der Waals surface area contributed by atoms with Gasteiger partial charge in [-0.3, -0.25) is 10.1 Å². The molecule has 0 atom stereocenters. The highest BCUT2D eigenvalue weighted by Gasteiger charge is 2.15. The molecule has 0 aliphatic heterocycles. The Kier molecular flexibility index (Phi) is 4.59. The molecule has 0 heterocycles. The summed E-state index contributed by atoms with van der Waals surface area (Å²) in [5, 5.41) is 27.7. The van der Waals surface area contributed by atoms with E-state index in [2.05, 4.69) is 5.32 Å². The van der Waals surface area contributed by atoms with Gasteiger partial charge in [0, 0.05) is 12.6 Å². The van der Waals surface area contributed by atoms with Crippen LogP contribution in [0.1, 0.15) is 11.1 Å². The van der Waals surface area contributed by atoms with E-state index in [1.54, 1.807) is 6.07 Å². The summed E-state index contributed by atoms with van der Waals surface area (Å²) in [6.07, 6.45) is 0. The average Bonchev–Trinajstić information content (AvgIpc) is 2.52. The molecule has 0 aliphatic rings. The van der Waals surface area contributed by atoms with Gasteiger partial charge < -0.3 is 5.32 Å². The Hall–Kier alpha value is -2.96. The summed E-state index contributed by atoms with van der Waals surface area (Å²) in [6.45, 7) is 0.163. The van der Waals surface area contributed by atoms with Crippen molar-refractivity contribution < 1.29 is 13.3 Å². The number of benzene rings is 2. The maximum Gasteiger partial charge on any atom is 0.293 e. The quantitative estimate of drug-likeness (QED) is 0.631. The Bertz CT molecular complexity index is 903. The van der Waals surface area contributed by atoms with Crippen LogP contribution in [0.3, 0.4) is 0 Å². The van der Waals surface area contributed by atoms with Gasteiger partial charge in [0.2, 0.25) is 10.0 Å². The zero-order valence-corrected chi connectivity index (χ0v) is 12.6. The molecular formula is C14H12N4O4S. The summed E-state index contributed by atoms with van der Waals surface area (Å²) >= 11 is 0. The van der Waals surface area contributed by atoms with Gasteiger partial charge in [-0.05, 0) is 29.8 Å². The number of nitrogens with two attached hydrogens (primary N) is 1. The summed E-state index contributed by atoms with van der Waals surface area (Å²) in [5.74, 6) is 0. The molecule has 9 heteroatoms. The molecule has 0 unspecified atom stereocenters. The molecule has 2 rings (SSSR count). The topological polar surface area (TPSA) is 139 Å². The SMILES string of the molecule is N#Cc1ccc(NCc2cccc(S(N)(=O)=O)c2)c([N+](=O)[O-])c1. The van der Waals surface area contributed by atoms with Gasteiger partial charge in [-0.2, -0.15) is 5.26 Å². The van der Waals surface area contributed by atoms with Crippen LogP contribution in [0.5, 0.6) is 0 Å². The molecule has 0 saturated heterocycles. The van der Waals surface area contributed by atoms with E-state index in [0.717, 1.165) is 0 Å². The zero-order valence-electron chi connectivity index (χ0n) is 11.8. The third kappa shape index (κ3) is 4.03. The van der Waals surface area contributed by atoms with E-state index in [9.17, 15) is 18.5 Å². The van der Waals surface area contributed by atoms with Gasteiger partial charge in [0.05, 0.1) is 21.5 Å². The number of nitriles is 1. The Morgan fingerprint density at radius 2 is 2.00 bits per heavy atom. The summed E-state index contributed by atoms with van der Waals surface area (Å²) in [6, 6.07) is 11.8. The fraction of sp³-hybridized carbons (Fsp3) is 0.0714. The largest absolute Gasteiger partial charge is 0.375 e. The first-order valence-electron chi connectivity index (χ1n) is 6.35. The number of nitro benzene ring substituents is 1. The molecule has 0 radical (unpaired) electrons. The number of sulfonamides is 1. The fourth-order valence-electron chi connectivity index (χ4n) is 1.93. The van der Waals surface area contributed by atoms with Crippen LogP contribution < -0.4 is 10.5 Å². The molecule has 2 aromatic rings. The van der Waals surface area contributed by atoms with E-state index in [1.807, 2.05) is 6.07 Å². The van der Waals surface area contributed by atoms with Gasteiger partial charge >= 0.3 is 0 Å². The van der Waals surface area contributed by atoms with Crippen molar-refractivity contribution in [3.05, 3.63) is 63.7 Å². The van der Waals surface area contributed by atoms with Crippen molar-refractivity contribution in [2.75, 3.05) is 5.32 Å². The first kappa shape index (κ1) is 16.4. The predicted octanol–water partition coefficient (Wildman–Crippen LogP) is 1.73. The lowest BCUT2D eigenvalue weighted by Crippen LogP contribution is -2.12. The van der Waals surface area contributed by atoms with E-state index in [-0.39, 0.29) is 28.4 Å². The monoisotopic (exact) mass is 332 g/mol. The second-order valence-corrected chi connectivity index (χ2v) is 6.21. The number of nitro groups is 1. The van der Waals surface area contributed by atoms with Crippen molar-refractivity contribution in [2.24, 2.45) is 5.14 Å². The highest BCUT2D eigenvalue weighted by Crippen LogP contribution is 2.26. The first-order valence-corrected chi connectivity index (χ1v) is 7.90.